The number of nitrogens with zero attached hydrogens (tertiary/aromatic N) is 2. The van der Waals surface area contributed by atoms with Crippen LogP contribution in [0.4, 0.5) is 5.82 Å². The average molecular weight is 255 g/mol. The van der Waals surface area contributed by atoms with Gasteiger partial charge in [0.15, 0.2) is 5.82 Å². The van der Waals surface area contributed by atoms with Crippen LogP contribution >= 0.6 is 0 Å². The first-order valence-electron chi connectivity index (χ1n) is 5.57. The van der Waals surface area contributed by atoms with Gasteiger partial charge in [-0.15, -0.1) is 0 Å². The molecule has 0 fully saturated rings. The van der Waals surface area contributed by atoms with Gasteiger partial charge in [0, 0.05) is 6.07 Å². The summed E-state index contributed by atoms with van der Waals surface area (Å²) in [5.74, 6) is 0.356. The molecule has 0 saturated carbocycles. The number of methoxy groups -OCH3 is 1. The van der Waals surface area contributed by atoms with Crippen LogP contribution in [0.1, 0.15) is 12.7 Å². The van der Waals surface area contributed by atoms with Crippen LogP contribution < -0.4 is 5.32 Å². The van der Waals surface area contributed by atoms with E-state index in [1.807, 2.05) is 6.92 Å². The number of carbonyl (C=O) groups excluding carboxylic acids is 2. The van der Waals surface area contributed by atoms with Crippen molar-refractivity contribution < 1.29 is 18.8 Å². The van der Waals surface area contributed by atoms with Crippen LogP contribution in [-0.2, 0) is 14.3 Å². The Morgan fingerprint density at radius 2 is 2.22 bits per heavy atom. The van der Waals surface area contributed by atoms with Crippen molar-refractivity contribution in [2.75, 3.05) is 32.1 Å². The fourth-order valence-electron chi connectivity index (χ4n) is 1.34. The molecule has 0 atom stereocenters. The van der Waals surface area contributed by atoms with Crippen molar-refractivity contribution in [3.05, 3.63) is 11.8 Å². The van der Waals surface area contributed by atoms with E-state index in [-0.39, 0.29) is 25.0 Å². The second-order valence-corrected chi connectivity index (χ2v) is 3.75. The zero-order chi connectivity index (χ0) is 13.5. The number of hydrogen-bond donors (Lipinski definition) is 1. The number of esters is 1. The number of anilines is 1. The summed E-state index contributed by atoms with van der Waals surface area (Å²) in [6, 6.07) is 1.62. The summed E-state index contributed by atoms with van der Waals surface area (Å²) in [5.41, 5.74) is 0. The normalized spacial score (nSPS) is 10.4. The summed E-state index contributed by atoms with van der Waals surface area (Å²) in [6.45, 7) is 4.34. The third-order valence-corrected chi connectivity index (χ3v) is 2.29. The molecule has 0 spiro atoms. The van der Waals surface area contributed by atoms with Crippen molar-refractivity contribution in [1.29, 1.82) is 0 Å². The number of nitrogens with one attached hydrogen (secondary N) is 1. The first-order chi connectivity index (χ1) is 8.55. The van der Waals surface area contributed by atoms with Gasteiger partial charge >= 0.3 is 5.97 Å². The van der Waals surface area contributed by atoms with E-state index >= 15 is 0 Å². The summed E-state index contributed by atoms with van der Waals surface area (Å²) in [4.78, 5) is 24.4. The van der Waals surface area contributed by atoms with Crippen molar-refractivity contribution in [3.63, 3.8) is 0 Å². The molecule has 1 heterocycles. The van der Waals surface area contributed by atoms with Crippen LogP contribution in [0.2, 0.25) is 0 Å². The van der Waals surface area contributed by atoms with Crippen molar-refractivity contribution in [2.24, 2.45) is 0 Å². The largest absolute Gasteiger partial charge is 0.468 e. The van der Waals surface area contributed by atoms with Crippen LogP contribution in [0, 0.1) is 6.92 Å². The average Bonchev–Trinajstić information content (AvgIpc) is 2.73. The third kappa shape index (κ3) is 4.54. The van der Waals surface area contributed by atoms with Crippen LogP contribution in [0.25, 0.3) is 0 Å². The molecule has 0 saturated heterocycles. The number of amides is 1. The molecule has 1 amide bonds. The maximum Gasteiger partial charge on any atom is 0.319 e. The van der Waals surface area contributed by atoms with Gasteiger partial charge in [-0.2, -0.15) is 0 Å². The Morgan fingerprint density at radius 1 is 1.50 bits per heavy atom. The Morgan fingerprint density at radius 3 is 2.72 bits per heavy atom. The van der Waals surface area contributed by atoms with Crippen LogP contribution in [0.5, 0.6) is 0 Å². The molecule has 1 rings (SSSR count). The monoisotopic (exact) mass is 255 g/mol. The van der Waals surface area contributed by atoms with Gasteiger partial charge in [-0.05, 0) is 13.5 Å². The highest BCUT2D eigenvalue weighted by Gasteiger charge is 2.14. The molecule has 1 aromatic rings. The smallest absolute Gasteiger partial charge is 0.319 e. The Hall–Kier alpha value is -1.89. The van der Waals surface area contributed by atoms with Gasteiger partial charge < -0.3 is 14.6 Å². The summed E-state index contributed by atoms with van der Waals surface area (Å²) >= 11 is 0. The quantitative estimate of drug-likeness (QED) is 0.741. The summed E-state index contributed by atoms with van der Waals surface area (Å²) < 4.78 is 9.37. The molecule has 0 bridgehead atoms. The number of rotatable bonds is 6. The lowest BCUT2D eigenvalue weighted by Gasteiger charge is -2.17. The van der Waals surface area contributed by atoms with E-state index in [9.17, 15) is 9.59 Å². The molecule has 100 valence electrons. The van der Waals surface area contributed by atoms with Crippen molar-refractivity contribution in [1.82, 2.24) is 10.1 Å². The molecule has 7 nitrogen and oxygen atoms in total. The lowest BCUT2D eigenvalue weighted by Crippen LogP contribution is -2.37. The third-order valence-electron chi connectivity index (χ3n) is 2.29. The van der Waals surface area contributed by atoms with Gasteiger partial charge in [-0.3, -0.25) is 14.5 Å². The second-order valence-electron chi connectivity index (χ2n) is 3.75. The Kier molecular flexibility index (Phi) is 5.31. The van der Waals surface area contributed by atoms with Crippen LogP contribution in [-0.4, -0.2) is 48.7 Å². The molecule has 0 aliphatic carbocycles. The van der Waals surface area contributed by atoms with Gasteiger partial charge in [0.05, 0.1) is 20.2 Å². The fourth-order valence-corrected chi connectivity index (χ4v) is 1.34. The highest BCUT2D eigenvalue weighted by Crippen LogP contribution is 2.06. The molecule has 0 radical (unpaired) electrons. The highest BCUT2D eigenvalue weighted by atomic mass is 16.5. The van der Waals surface area contributed by atoms with E-state index in [2.05, 4.69) is 15.2 Å². The fraction of sp³-hybridized carbons (Fsp3) is 0.545. The minimum absolute atomic E-state index is 0.0816. The molecule has 1 aromatic heterocycles. The first-order valence-corrected chi connectivity index (χ1v) is 5.57. The van der Waals surface area contributed by atoms with Crippen LogP contribution in [0.3, 0.4) is 0 Å². The Balaban J connectivity index is 2.44. The van der Waals surface area contributed by atoms with Gasteiger partial charge in [0.2, 0.25) is 5.91 Å². The van der Waals surface area contributed by atoms with Crippen molar-refractivity contribution in [3.8, 4) is 0 Å². The molecule has 0 unspecified atom stereocenters. The Bertz CT molecular complexity index is 416. The van der Waals surface area contributed by atoms with Crippen molar-refractivity contribution in [2.45, 2.75) is 13.8 Å². The van der Waals surface area contributed by atoms with E-state index in [0.29, 0.717) is 18.1 Å². The van der Waals surface area contributed by atoms with E-state index in [1.54, 1.807) is 17.9 Å². The second kappa shape index (κ2) is 6.75. The molecule has 18 heavy (non-hydrogen) atoms. The molecule has 7 heteroatoms. The zero-order valence-corrected chi connectivity index (χ0v) is 10.7. The number of carbonyl (C=O) groups is 2. The number of aryl methyl sites for hydroxylation is 1. The maximum atomic E-state index is 11.7. The lowest BCUT2D eigenvalue weighted by atomic mass is 10.4. The first kappa shape index (κ1) is 14.2. The molecule has 1 N–H and O–H groups in total. The van der Waals surface area contributed by atoms with Gasteiger partial charge in [0.1, 0.15) is 5.76 Å². The lowest BCUT2D eigenvalue weighted by molar-refractivity contribution is -0.142. The predicted molar refractivity (Wildman–Crippen MR) is 64.0 cm³/mol. The number of hydrogen-bond acceptors (Lipinski definition) is 6. The molecule has 0 aromatic carbocycles. The summed E-state index contributed by atoms with van der Waals surface area (Å²) in [5, 5.41) is 6.23. The summed E-state index contributed by atoms with van der Waals surface area (Å²) in [7, 11) is 1.31. The zero-order valence-electron chi connectivity index (χ0n) is 10.7. The van der Waals surface area contributed by atoms with E-state index in [4.69, 9.17) is 4.52 Å². The molecular weight excluding hydrogens is 238 g/mol. The van der Waals surface area contributed by atoms with Gasteiger partial charge in [-0.25, -0.2) is 0 Å². The van der Waals surface area contributed by atoms with E-state index in [0.717, 1.165) is 0 Å². The topological polar surface area (TPSA) is 84.7 Å². The number of ether oxygens (including phenoxy) is 1. The van der Waals surface area contributed by atoms with E-state index < -0.39 is 0 Å². The van der Waals surface area contributed by atoms with E-state index in [1.165, 1.54) is 7.11 Å². The summed E-state index contributed by atoms with van der Waals surface area (Å²) in [6.07, 6.45) is 0. The van der Waals surface area contributed by atoms with Crippen molar-refractivity contribution >= 4 is 17.7 Å². The molecular formula is C11H17N3O4. The van der Waals surface area contributed by atoms with Gasteiger partial charge in [0.25, 0.3) is 0 Å². The Labute approximate surface area is 105 Å². The number of likely N-dealkylation sites (N-methyl/N-ethyl adjacent to an activating group) is 1. The standard InChI is InChI=1S/C11H17N3O4/c1-4-14(7-11(16)17-3)6-10(15)12-9-5-8(2)18-13-9/h5H,4,6-7H2,1-3H3,(H,12,13,15). The van der Waals surface area contributed by atoms with Crippen LogP contribution in [0.15, 0.2) is 10.6 Å². The van der Waals surface area contributed by atoms with Gasteiger partial charge in [-0.1, -0.05) is 12.1 Å². The number of aromatic nitrogens is 1. The minimum Gasteiger partial charge on any atom is -0.468 e. The predicted octanol–water partition coefficient (Wildman–Crippen LogP) is 0.416. The minimum atomic E-state index is -0.373. The highest BCUT2D eigenvalue weighted by molar-refractivity contribution is 5.91. The maximum absolute atomic E-state index is 11.7. The molecule has 0 aliphatic rings. The molecule has 0 aliphatic heterocycles. The SMILES string of the molecule is CCN(CC(=O)Nc1cc(C)on1)CC(=O)OC.